The van der Waals surface area contributed by atoms with E-state index < -0.39 is 0 Å². The number of rotatable bonds is 4. The lowest BCUT2D eigenvalue weighted by atomic mass is 10.2. The Morgan fingerprint density at radius 1 is 0.824 bits per heavy atom. The summed E-state index contributed by atoms with van der Waals surface area (Å²) in [6.45, 7) is 0. The largest absolute Gasteiger partial charge is 0.278 e. The Kier molecular flexibility index (Phi) is 4.12. The smallest absolute Gasteiger partial charge is 0.0577 e. The highest BCUT2D eigenvalue weighted by Gasteiger charge is 1.82. The number of H-pyrrole nitrogens is 1. The van der Waals surface area contributed by atoms with Gasteiger partial charge in [-0.05, 0) is 17.7 Å². The number of hydrogen-bond donors (Lipinski definition) is 1. The van der Waals surface area contributed by atoms with E-state index in [0.717, 1.165) is 5.69 Å². The van der Waals surface area contributed by atoms with Crippen LogP contribution in [0.3, 0.4) is 0 Å². The van der Waals surface area contributed by atoms with Crippen molar-refractivity contribution in [1.82, 2.24) is 10.2 Å². The van der Waals surface area contributed by atoms with Gasteiger partial charge in [-0.15, -0.1) is 0 Å². The molecule has 0 unspecified atom stereocenters. The molecule has 0 atom stereocenters. The molecule has 84 valence electrons. The number of benzene rings is 1. The van der Waals surface area contributed by atoms with Crippen molar-refractivity contribution in [2.45, 2.75) is 0 Å². The number of nitrogens with one attached hydrogen (secondary N) is 1. The van der Waals surface area contributed by atoms with Gasteiger partial charge in [0.05, 0.1) is 5.69 Å². The minimum Gasteiger partial charge on any atom is -0.278 e. The molecular weight excluding hydrogens is 208 g/mol. The van der Waals surface area contributed by atoms with Crippen LogP contribution in [0.1, 0.15) is 11.3 Å². The fourth-order valence-electron chi connectivity index (χ4n) is 1.38. The van der Waals surface area contributed by atoms with Crippen LogP contribution in [0.15, 0.2) is 66.9 Å². The minimum atomic E-state index is 1.00. The maximum Gasteiger partial charge on any atom is 0.0577 e. The first kappa shape index (κ1) is 11.1. The highest BCUT2D eigenvalue weighted by molar-refractivity contribution is 5.51. The number of aromatic amines is 1. The number of hydrogen-bond acceptors (Lipinski definition) is 1. The van der Waals surface area contributed by atoms with Gasteiger partial charge in [-0.2, -0.15) is 5.10 Å². The van der Waals surface area contributed by atoms with Gasteiger partial charge in [0.25, 0.3) is 0 Å². The van der Waals surface area contributed by atoms with Gasteiger partial charge < -0.3 is 0 Å². The summed E-state index contributed by atoms with van der Waals surface area (Å²) in [5, 5.41) is 6.73. The molecule has 0 aliphatic carbocycles. The predicted octanol–water partition coefficient (Wildman–Crippen LogP) is 3.69. The molecule has 0 fully saturated rings. The van der Waals surface area contributed by atoms with Gasteiger partial charge in [-0.25, -0.2) is 0 Å². The average molecular weight is 222 g/mol. The van der Waals surface area contributed by atoms with Crippen LogP contribution in [0.5, 0.6) is 0 Å². The monoisotopic (exact) mass is 222 g/mol. The van der Waals surface area contributed by atoms with Crippen molar-refractivity contribution < 1.29 is 0 Å². The summed E-state index contributed by atoms with van der Waals surface area (Å²) in [7, 11) is 0. The van der Waals surface area contributed by atoms with Crippen LogP contribution < -0.4 is 0 Å². The SMILES string of the molecule is C(=C\C=C\c1ccn[nH]1)/C=C/c1ccccc1. The second-order valence-corrected chi connectivity index (χ2v) is 3.53. The van der Waals surface area contributed by atoms with Crippen molar-refractivity contribution in [2.75, 3.05) is 0 Å². The minimum absolute atomic E-state index is 1.00. The van der Waals surface area contributed by atoms with Gasteiger partial charge in [-0.1, -0.05) is 60.7 Å². The Morgan fingerprint density at radius 3 is 2.29 bits per heavy atom. The van der Waals surface area contributed by atoms with Crippen molar-refractivity contribution in [2.24, 2.45) is 0 Å². The van der Waals surface area contributed by atoms with Crippen molar-refractivity contribution in [3.63, 3.8) is 0 Å². The summed E-state index contributed by atoms with van der Waals surface area (Å²) in [5.74, 6) is 0. The van der Waals surface area contributed by atoms with Gasteiger partial charge >= 0.3 is 0 Å². The average Bonchev–Trinajstić information content (AvgIpc) is 2.88. The van der Waals surface area contributed by atoms with Crippen molar-refractivity contribution >= 4 is 12.2 Å². The Bertz CT molecular complexity index is 505. The topological polar surface area (TPSA) is 28.7 Å². The third-order valence-electron chi connectivity index (χ3n) is 2.22. The van der Waals surface area contributed by atoms with Crippen LogP contribution in [0, 0.1) is 0 Å². The van der Waals surface area contributed by atoms with Crippen LogP contribution in [0.25, 0.3) is 12.2 Å². The second kappa shape index (κ2) is 6.28. The van der Waals surface area contributed by atoms with Gasteiger partial charge in [-0.3, -0.25) is 5.10 Å². The maximum absolute atomic E-state index is 3.86. The lowest BCUT2D eigenvalue weighted by Gasteiger charge is -1.87. The molecule has 2 heteroatoms. The molecule has 0 spiro atoms. The Hall–Kier alpha value is -2.35. The second-order valence-electron chi connectivity index (χ2n) is 3.53. The Labute approximate surface area is 101 Å². The van der Waals surface area contributed by atoms with E-state index in [9.17, 15) is 0 Å². The van der Waals surface area contributed by atoms with E-state index in [1.54, 1.807) is 6.20 Å². The highest BCUT2D eigenvalue weighted by atomic mass is 15.1. The molecule has 1 aromatic carbocycles. The van der Waals surface area contributed by atoms with E-state index in [0.29, 0.717) is 0 Å². The van der Waals surface area contributed by atoms with Gasteiger partial charge in [0.15, 0.2) is 0 Å². The third kappa shape index (κ3) is 3.95. The fourth-order valence-corrected chi connectivity index (χ4v) is 1.38. The molecule has 2 aromatic rings. The maximum atomic E-state index is 3.86. The number of allylic oxidation sites excluding steroid dienone is 4. The summed E-state index contributed by atoms with van der Waals surface area (Å²) >= 11 is 0. The molecule has 0 saturated heterocycles. The lowest BCUT2D eigenvalue weighted by molar-refractivity contribution is 1.08. The predicted molar refractivity (Wildman–Crippen MR) is 72.2 cm³/mol. The molecule has 17 heavy (non-hydrogen) atoms. The zero-order chi connectivity index (χ0) is 11.8. The summed E-state index contributed by atoms with van der Waals surface area (Å²) < 4.78 is 0. The first-order chi connectivity index (χ1) is 8.45. The molecule has 1 heterocycles. The first-order valence-electron chi connectivity index (χ1n) is 5.51. The molecular formula is C15H14N2. The van der Waals surface area contributed by atoms with E-state index in [2.05, 4.69) is 28.4 Å². The van der Waals surface area contributed by atoms with E-state index in [1.807, 2.05) is 54.6 Å². The normalized spacial score (nSPS) is 12.0. The van der Waals surface area contributed by atoms with Crippen molar-refractivity contribution in [1.29, 1.82) is 0 Å². The summed E-state index contributed by atoms with van der Waals surface area (Å²) in [6, 6.07) is 12.1. The molecule has 0 amide bonds. The molecule has 0 radical (unpaired) electrons. The van der Waals surface area contributed by atoms with Crippen LogP contribution in [-0.4, -0.2) is 10.2 Å². The van der Waals surface area contributed by atoms with Crippen LogP contribution in [0.4, 0.5) is 0 Å². The zero-order valence-electron chi connectivity index (χ0n) is 9.45. The van der Waals surface area contributed by atoms with Crippen LogP contribution in [-0.2, 0) is 0 Å². The highest BCUT2D eigenvalue weighted by Crippen LogP contribution is 2.01. The van der Waals surface area contributed by atoms with E-state index in [-0.39, 0.29) is 0 Å². The summed E-state index contributed by atoms with van der Waals surface area (Å²) in [5.41, 5.74) is 2.20. The molecule has 0 aliphatic rings. The van der Waals surface area contributed by atoms with E-state index in [4.69, 9.17) is 0 Å². The first-order valence-corrected chi connectivity index (χ1v) is 5.51. The van der Waals surface area contributed by atoms with Crippen LogP contribution >= 0.6 is 0 Å². The van der Waals surface area contributed by atoms with Gasteiger partial charge in [0.2, 0.25) is 0 Å². The number of nitrogens with zero attached hydrogens (tertiary/aromatic N) is 1. The fraction of sp³-hybridized carbons (Fsp3) is 0. The number of aromatic nitrogens is 2. The molecule has 0 saturated carbocycles. The molecule has 0 bridgehead atoms. The molecule has 1 N–H and O–H groups in total. The van der Waals surface area contributed by atoms with Crippen LogP contribution in [0.2, 0.25) is 0 Å². The third-order valence-corrected chi connectivity index (χ3v) is 2.22. The Balaban J connectivity index is 1.84. The molecule has 2 rings (SSSR count). The lowest BCUT2D eigenvalue weighted by Crippen LogP contribution is -1.68. The van der Waals surface area contributed by atoms with E-state index >= 15 is 0 Å². The standard InChI is InChI=1S/C15H14N2/c1(2-7-11-15-12-13-16-17-15)4-8-14-9-5-3-6-10-14/h1-13H,(H,16,17)/b2-1+,8-4+,11-7+. The van der Waals surface area contributed by atoms with Gasteiger partial charge in [0, 0.05) is 6.20 Å². The zero-order valence-corrected chi connectivity index (χ0v) is 9.45. The van der Waals surface area contributed by atoms with Crippen molar-refractivity contribution in [3.05, 3.63) is 78.2 Å². The van der Waals surface area contributed by atoms with Gasteiger partial charge in [0.1, 0.15) is 0 Å². The quantitative estimate of drug-likeness (QED) is 0.785. The molecule has 0 aliphatic heterocycles. The van der Waals surface area contributed by atoms with Crippen molar-refractivity contribution in [3.8, 4) is 0 Å². The van der Waals surface area contributed by atoms with E-state index in [1.165, 1.54) is 5.56 Å². The Morgan fingerprint density at radius 2 is 1.59 bits per heavy atom. The molecule has 2 nitrogen and oxygen atoms in total. The summed E-state index contributed by atoms with van der Waals surface area (Å²) in [4.78, 5) is 0. The summed E-state index contributed by atoms with van der Waals surface area (Å²) in [6.07, 6.45) is 13.8. The molecule has 1 aromatic heterocycles.